The molecule has 112 valence electrons. The maximum absolute atomic E-state index is 4.76. The van der Waals surface area contributed by atoms with Crippen molar-refractivity contribution in [2.75, 3.05) is 0 Å². The van der Waals surface area contributed by atoms with Crippen molar-refractivity contribution in [2.24, 2.45) is 0 Å². The van der Waals surface area contributed by atoms with Crippen molar-refractivity contribution in [3.63, 3.8) is 0 Å². The van der Waals surface area contributed by atoms with Crippen LogP contribution < -0.4 is 0 Å². The van der Waals surface area contributed by atoms with Crippen LogP contribution in [-0.4, -0.2) is 4.98 Å². The molecule has 0 aliphatic rings. The number of benzene rings is 2. The number of aromatic nitrogens is 1. The van der Waals surface area contributed by atoms with Crippen LogP contribution in [0.15, 0.2) is 60.0 Å². The minimum atomic E-state index is 0.939. The van der Waals surface area contributed by atoms with Crippen LogP contribution in [-0.2, 0) is 17.9 Å². The summed E-state index contributed by atoms with van der Waals surface area (Å²) in [7, 11) is 0. The molecule has 0 aliphatic carbocycles. The Morgan fingerprint density at radius 1 is 0.909 bits per heavy atom. The van der Waals surface area contributed by atoms with Gasteiger partial charge in [-0.15, -0.1) is 11.3 Å². The average Bonchev–Trinajstić information content (AvgIpc) is 2.98. The quantitative estimate of drug-likeness (QED) is 0.595. The third kappa shape index (κ3) is 4.46. The van der Waals surface area contributed by atoms with E-state index in [9.17, 15) is 0 Å². The van der Waals surface area contributed by atoms with Gasteiger partial charge in [0.05, 0.1) is 10.7 Å². The highest BCUT2D eigenvalue weighted by molar-refractivity contribution is 7.97. The Hall–Kier alpha value is -1.58. The Morgan fingerprint density at radius 3 is 2.45 bits per heavy atom. The lowest BCUT2D eigenvalue weighted by atomic mass is 10.1. The number of thioether (sulfide) groups is 1. The van der Waals surface area contributed by atoms with Gasteiger partial charge in [0.25, 0.3) is 0 Å². The van der Waals surface area contributed by atoms with E-state index < -0.39 is 0 Å². The SMILES string of the molecule is Cc1ccc(Cc2nc(CSCc3ccccc3)cs2)cc1. The normalized spacial score (nSPS) is 10.8. The zero-order valence-electron chi connectivity index (χ0n) is 12.7. The molecule has 22 heavy (non-hydrogen) atoms. The van der Waals surface area contributed by atoms with Crippen molar-refractivity contribution in [2.45, 2.75) is 24.9 Å². The summed E-state index contributed by atoms with van der Waals surface area (Å²) in [6.07, 6.45) is 0.939. The van der Waals surface area contributed by atoms with Crippen molar-refractivity contribution < 1.29 is 0 Å². The first kappa shape index (κ1) is 15.3. The third-order valence-electron chi connectivity index (χ3n) is 3.44. The van der Waals surface area contributed by atoms with Crippen LogP contribution in [0.5, 0.6) is 0 Å². The first-order valence-electron chi connectivity index (χ1n) is 7.40. The Bertz CT molecular complexity index is 702. The molecule has 1 heterocycles. The Morgan fingerprint density at radius 2 is 1.68 bits per heavy atom. The summed E-state index contributed by atoms with van der Waals surface area (Å²) >= 11 is 3.70. The second-order valence-corrected chi connectivity index (χ2v) is 7.30. The summed E-state index contributed by atoms with van der Waals surface area (Å²) < 4.78 is 0. The molecule has 0 atom stereocenters. The molecule has 1 nitrogen and oxygen atoms in total. The summed E-state index contributed by atoms with van der Waals surface area (Å²) in [6.45, 7) is 2.12. The molecule has 0 unspecified atom stereocenters. The smallest absolute Gasteiger partial charge is 0.0972 e. The fraction of sp³-hybridized carbons (Fsp3) is 0.211. The van der Waals surface area contributed by atoms with E-state index in [0.29, 0.717) is 0 Å². The molecule has 3 aromatic rings. The summed E-state index contributed by atoms with van der Waals surface area (Å²) in [5, 5.41) is 3.40. The van der Waals surface area contributed by atoms with Crippen LogP contribution in [0.25, 0.3) is 0 Å². The predicted octanol–water partition coefficient (Wildman–Crippen LogP) is 5.48. The number of thiazole rings is 1. The maximum Gasteiger partial charge on any atom is 0.0972 e. The van der Waals surface area contributed by atoms with Crippen molar-refractivity contribution >= 4 is 23.1 Å². The van der Waals surface area contributed by atoms with E-state index in [0.717, 1.165) is 17.9 Å². The zero-order valence-corrected chi connectivity index (χ0v) is 14.3. The van der Waals surface area contributed by atoms with Gasteiger partial charge in [0.1, 0.15) is 0 Å². The number of hydrogen-bond acceptors (Lipinski definition) is 3. The van der Waals surface area contributed by atoms with E-state index in [4.69, 9.17) is 4.98 Å². The maximum atomic E-state index is 4.76. The molecule has 0 saturated carbocycles. The first-order valence-corrected chi connectivity index (χ1v) is 9.43. The van der Waals surface area contributed by atoms with Gasteiger partial charge in [-0.3, -0.25) is 0 Å². The molecule has 0 radical (unpaired) electrons. The molecule has 0 saturated heterocycles. The van der Waals surface area contributed by atoms with Gasteiger partial charge in [-0.05, 0) is 18.1 Å². The Kier molecular flexibility index (Phi) is 5.30. The van der Waals surface area contributed by atoms with Gasteiger partial charge in [-0.1, -0.05) is 60.2 Å². The molecule has 1 aromatic heterocycles. The molecular weight excluding hydrogens is 306 g/mol. The highest BCUT2D eigenvalue weighted by Crippen LogP contribution is 2.21. The van der Waals surface area contributed by atoms with Crippen molar-refractivity contribution in [3.8, 4) is 0 Å². The molecule has 0 bridgehead atoms. The van der Waals surface area contributed by atoms with Gasteiger partial charge in [-0.25, -0.2) is 4.98 Å². The fourth-order valence-electron chi connectivity index (χ4n) is 2.22. The van der Waals surface area contributed by atoms with Crippen molar-refractivity contribution in [3.05, 3.63) is 87.4 Å². The number of aryl methyl sites for hydroxylation is 1. The lowest BCUT2D eigenvalue weighted by Gasteiger charge is -2.00. The molecule has 2 aromatic carbocycles. The van der Waals surface area contributed by atoms with Crippen LogP contribution >= 0.6 is 23.1 Å². The lowest BCUT2D eigenvalue weighted by molar-refractivity contribution is 1.09. The van der Waals surface area contributed by atoms with Gasteiger partial charge in [0, 0.05) is 23.3 Å². The van der Waals surface area contributed by atoms with Crippen LogP contribution in [0, 0.1) is 6.92 Å². The van der Waals surface area contributed by atoms with Crippen molar-refractivity contribution in [1.29, 1.82) is 0 Å². The largest absolute Gasteiger partial charge is 0.245 e. The van der Waals surface area contributed by atoms with E-state index in [2.05, 4.69) is 66.9 Å². The van der Waals surface area contributed by atoms with Gasteiger partial charge >= 0.3 is 0 Å². The standard InChI is InChI=1S/C19H19NS2/c1-15-7-9-16(10-8-15)11-19-20-18(14-22-19)13-21-12-17-5-3-2-4-6-17/h2-10,14H,11-13H2,1H3. The lowest BCUT2D eigenvalue weighted by Crippen LogP contribution is -1.89. The van der Waals surface area contributed by atoms with Crippen LogP contribution in [0.1, 0.15) is 27.4 Å². The molecule has 0 fully saturated rings. The molecular formula is C19H19NS2. The van der Waals surface area contributed by atoms with Gasteiger partial charge in [0.2, 0.25) is 0 Å². The Labute approximate surface area is 140 Å². The fourth-order valence-corrected chi connectivity index (χ4v) is 4.05. The Balaban J connectivity index is 1.51. The molecule has 0 N–H and O–H groups in total. The average molecular weight is 326 g/mol. The monoisotopic (exact) mass is 325 g/mol. The first-order chi connectivity index (χ1) is 10.8. The second kappa shape index (κ2) is 7.61. The van der Waals surface area contributed by atoms with E-state index >= 15 is 0 Å². The zero-order chi connectivity index (χ0) is 15.2. The summed E-state index contributed by atoms with van der Waals surface area (Å²) in [5.74, 6) is 2.03. The number of nitrogens with zero attached hydrogens (tertiary/aromatic N) is 1. The summed E-state index contributed by atoms with van der Waals surface area (Å²) in [6, 6.07) is 19.3. The van der Waals surface area contributed by atoms with Gasteiger partial charge < -0.3 is 0 Å². The molecule has 0 aliphatic heterocycles. The minimum Gasteiger partial charge on any atom is -0.245 e. The predicted molar refractivity (Wildman–Crippen MR) is 97.5 cm³/mol. The third-order valence-corrected chi connectivity index (χ3v) is 5.37. The van der Waals surface area contributed by atoms with E-state index in [1.165, 1.54) is 27.4 Å². The van der Waals surface area contributed by atoms with Crippen LogP contribution in [0.2, 0.25) is 0 Å². The molecule has 0 amide bonds. The van der Waals surface area contributed by atoms with Crippen LogP contribution in [0.3, 0.4) is 0 Å². The van der Waals surface area contributed by atoms with Crippen molar-refractivity contribution in [1.82, 2.24) is 4.98 Å². The number of rotatable bonds is 6. The topological polar surface area (TPSA) is 12.9 Å². The summed E-state index contributed by atoms with van der Waals surface area (Å²) in [4.78, 5) is 4.76. The highest BCUT2D eigenvalue weighted by Gasteiger charge is 2.04. The number of hydrogen-bond donors (Lipinski definition) is 0. The van der Waals surface area contributed by atoms with E-state index in [1.807, 2.05) is 11.8 Å². The van der Waals surface area contributed by atoms with Gasteiger partial charge in [-0.2, -0.15) is 11.8 Å². The highest BCUT2D eigenvalue weighted by atomic mass is 32.2. The molecule has 0 spiro atoms. The second-order valence-electron chi connectivity index (χ2n) is 5.37. The van der Waals surface area contributed by atoms with Crippen LogP contribution in [0.4, 0.5) is 0 Å². The molecule has 3 heteroatoms. The van der Waals surface area contributed by atoms with Gasteiger partial charge in [0.15, 0.2) is 0 Å². The van der Waals surface area contributed by atoms with E-state index in [-0.39, 0.29) is 0 Å². The molecule has 3 rings (SSSR count). The van der Waals surface area contributed by atoms with E-state index in [1.54, 1.807) is 11.3 Å². The summed E-state index contributed by atoms with van der Waals surface area (Å²) in [5.41, 5.74) is 5.22. The minimum absolute atomic E-state index is 0.939.